The SMILES string of the molecule is C=[S-](=C)c1ccc(SC)cc1. The van der Waals surface area contributed by atoms with Gasteiger partial charge in [0.05, 0.1) is 0 Å². The number of hydrogen-bond donors (Lipinski definition) is 0. The predicted molar refractivity (Wildman–Crippen MR) is 58.1 cm³/mol. The Morgan fingerprint density at radius 3 is 2.09 bits per heavy atom. The zero-order chi connectivity index (χ0) is 8.27. The first-order valence-corrected chi connectivity index (χ1v) is 6.00. The third-order valence-corrected chi connectivity index (χ3v) is 3.08. The summed E-state index contributed by atoms with van der Waals surface area (Å²) in [7, 11) is -0.0985. The maximum Gasteiger partial charge on any atom is 0.00679 e. The van der Waals surface area contributed by atoms with Crippen molar-refractivity contribution in [3.05, 3.63) is 24.3 Å². The molecule has 1 aromatic carbocycles. The Morgan fingerprint density at radius 2 is 1.73 bits per heavy atom. The summed E-state index contributed by atoms with van der Waals surface area (Å²) >= 11 is 1.75. The Labute approximate surface area is 74.1 Å². The number of thioether (sulfide) groups is 1. The summed E-state index contributed by atoms with van der Waals surface area (Å²) < 4.78 is 0. The van der Waals surface area contributed by atoms with Crippen molar-refractivity contribution < 1.29 is 0 Å². The van der Waals surface area contributed by atoms with Crippen molar-refractivity contribution in [2.24, 2.45) is 0 Å². The quantitative estimate of drug-likeness (QED) is 0.385. The largest absolute Gasteiger partial charge is 0.457 e. The predicted octanol–water partition coefficient (Wildman–Crippen LogP) is 2.25. The van der Waals surface area contributed by atoms with Gasteiger partial charge in [-0.15, -0.1) is 16.7 Å². The van der Waals surface area contributed by atoms with Crippen molar-refractivity contribution in [3.63, 3.8) is 0 Å². The molecule has 0 atom stereocenters. The van der Waals surface area contributed by atoms with Gasteiger partial charge in [-0.1, -0.05) is 24.3 Å². The van der Waals surface area contributed by atoms with E-state index in [2.05, 4.69) is 42.3 Å². The summed E-state index contributed by atoms with van der Waals surface area (Å²) in [5, 5.41) is 0. The maximum absolute atomic E-state index is 3.87. The van der Waals surface area contributed by atoms with Gasteiger partial charge >= 0.3 is 0 Å². The fraction of sp³-hybridized carbons (Fsp3) is 0.111. The summed E-state index contributed by atoms with van der Waals surface area (Å²) in [5.74, 6) is 7.75. The molecule has 0 radical (unpaired) electrons. The van der Waals surface area contributed by atoms with Crippen molar-refractivity contribution in [1.82, 2.24) is 0 Å². The Bertz CT molecular complexity index is 286. The van der Waals surface area contributed by atoms with Crippen molar-refractivity contribution in [1.29, 1.82) is 0 Å². The first kappa shape index (κ1) is 8.75. The smallest absolute Gasteiger partial charge is 0.00679 e. The maximum atomic E-state index is 3.87. The number of hydrogen-bond acceptors (Lipinski definition) is 2. The summed E-state index contributed by atoms with van der Waals surface area (Å²) in [4.78, 5) is 2.52. The standard InChI is InChI=1S/C9H11S2/c1-10-8-4-6-9(7-5-8)11(2)3/h4-7H,2-3H2,1H3/q-1. The van der Waals surface area contributed by atoms with Gasteiger partial charge < -0.3 is 10.1 Å². The van der Waals surface area contributed by atoms with Gasteiger partial charge in [-0.05, 0) is 6.26 Å². The molecule has 60 valence electrons. The lowest BCUT2D eigenvalue weighted by atomic mass is 10.4. The molecule has 0 bridgehead atoms. The molecule has 11 heavy (non-hydrogen) atoms. The number of benzene rings is 1. The Hall–Kier alpha value is -0.340. The molecule has 2 heteroatoms. The summed E-state index contributed by atoms with van der Waals surface area (Å²) in [6, 6.07) is 8.40. The van der Waals surface area contributed by atoms with E-state index in [-0.39, 0.29) is 10.1 Å². The molecule has 0 saturated heterocycles. The van der Waals surface area contributed by atoms with Crippen molar-refractivity contribution in [2.75, 3.05) is 6.26 Å². The minimum Gasteiger partial charge on any atom is -0.457 e. The van der Waals surface area contributed by atoms with Crippen LogP contribution in [0.2, 0.25) is 0 Å². The van der Waals surface area contributed by atoms with Gasteiger partial charge in [0.1, 0.15) is 0 Å². The molecule has 0 heterocycles. The van der Waals surface area contributed by atoms with Crippen LogP contribution >= 0.6 is 11.8 Å². The van der Waals surface area contributed by atoms with Crippen LogP contribution in [0.4, 0.5) is 0 Å². The molecule has 0 aliphatic heterocycles. The van der Waals surface area contributed by atoms with E-state index in [1.54, 1.807) is 11.8 Å². The topological polar surface area (TPSA) is 0 Å². The van der Waals surface area contributed by atoms with E-state index in [1.165, 1.54) is 9.79 Å². The average molecular weight is 183 g/mol. The Morgan fingerprint density at radius 1 is 1.18 bits per heavy atom. The van der Waals surface area contributed by atoms with Crippen LogP contribution in [0.3, 0.4) is 0 Å². The first-order chi connectivity index (χ1) is 5.24. The molecule has 0 spiro atoms. The van der Waals surface area contributed by atoms with E-state index in [9.17, 15) is 0 Å². The highest BCUT2D eigenvalue weighted by molar-refractivity contribution is 7.98. The molecule has 0 aromatic heterocycles. The molecule has 0 saturated carbocycles. The highest BCUT2D eigenvalue weighted by atomic mass is 32.2. The Kier molecular flexibility index (Phi) is 3.09. The fourth-order valence-electron chi connectivity index (χ4n) is 0.768. The first-order valence-electron chi connectivity index (χ1n) is 3.22. The lowest BCUT2D eigenvalue weighted by Crippen LogP contribution is -1.77. The lowest BCUT2D eigenvalue weighted by molar-refractivity contribution is 1.36. The van der Waals surface area contributed by atoms with Gasteiger partial charge in [0.15, 0.2) is 0 Å². The highest BCUT2D eigenvalue weighted by Crippen LogP contribution is 2.14. The van der Waals surface area contributed by atoms with Crippen LogP contribution in [0.5, 0.6) is 0 Å². The van der Waals surface area contributed by atoms with Crippen LogP contribution in [0.1, 0.15) is 0 Å². The minimum atomic E-state index is -0.0985. The molecular weight excluding hydrogens is 172 g/mol. The molecule has 0 unspecified atom stereocenters. The lowest BCUT2D eigenvalue weighted by Gasteiger charge is -2.07. The second kappa shape index (κ2) is 3.88. The molecule has 0 amide bonds. The molecule has 1 rings (SSSR count). The van der Waals surface area contributed by atoms with Crippen LogP contribution < -0.4 is 0 Å². The molecule has 1 aromatic rings. The van der Waals surface area contributed by atoms with Gasteiger partial charge in [0, 0.05) is 4.90 Å². The zero-order valence-electron chi connectivity index (χ0n) is 6.54. The second-order valence-electron chi connectivity index (χ2n) is 2.17. The van der Waals surface area contributed by atoms with Crippen molar-refractivity contribution in [3.8, 4) is 0 Å². The third kappa shape index (κ3) is 2.31. The Balaban J connectivity index is 3.01. The van der Waals surface area contributed by atoms with E-state index >= 15 is 0 Å². The number of rotatable bonds is 2. The highest BCUT2D eigenvalue weighted by Gasteiger charge is 1.84. The van der Waals surface area contributed by atoms with Crippen LogP contribution in [-0.2, 0) is 10.1 Å². The van der Waals surface area contributed by atoms with E-state index < -0.39 is 0 Å². The molecule has 0 aliphatic carbocycles. The second-order valence-corrected chi connectivity index (χ2v) is 4.50. The van der Waals surface area contributed by atoms with Gasteiger partial charge in [0.25, 0.3) is 0 Å². The third-order valence-electron chi connectivity index (χ3n) is 1.39. The molecule has 0 nitrogen and oxygen atoms in total. The van der Waals surface area contributed by atoms with Crippen LogP contribution in [0.15, 0.2) is 34.1 Å². The minimum absolute atomic E-state index is 0.0985. The zero-order valence-corrected chi connectivity index (χ0v) is 8.17. The fourth-order valence-corrected chi connectivity index (χ4v) is 1.70. The van der Waals surface area contributed by atoms with Crippen LogP contribution in [0.25, 0.3) is 0 Å². The molecular formula is C9H11S2-. The van der Waals surface area contributed by atoms with E-state index in [4.69, 9.17) is 0 Å². The van der Waals surface area contributed by atoms with E-state index in [1.807, 2.05) is 0 Å². The van der Waals surface area contributed by atoms with E-state index in [0.29, 0.717) is 0 Å². The van der Waals surface area contributed by atoms with Crippen LogP contribution in [-0.4, -0.2) is 18.0 Å². The van der Waals surface area contributed by atoms with Crippen LogP contribution in [0, 0.1) is 0 Å². The monoisotopic (exact) mass is 183 g/mol. The van der Waals surface area contributed by atoms with Gasteiger partial charge in [-0.25, -0.2) is 11.7 Å². The van der Waals surface area contributed by atoms with Crippen molar-refractivity contribution >= 4 is 33.6 Å². The van der Waals surface area contributed by atoms with E-state index in [0.717, 1.165) is 0 Å². The van der Waals surface area contributed by atoms with Gasteiger partial charge in [-0.3, -0.25) is 0 Å². The average Bonchev–Trinajstić information content (AvgIpc) is 2.05. The van der Waals surface area contributed by atoms with Crippen molar-refractivity contribution in [2.45, 2.75) is 9.79 Å². The molecule has 0 aliphatic rings. The van der Waals surface area contributed by atoms with Gasteiger partial charge in [0.2, 0.25) is 0 Å². The summed E-state index contributed by atoms with van der Waals surface area (Å²) in [6.07, 6.45) is 2.07. The molecule has 0 N–H and O–H groups in total. The summed E-state index contributed by atoms with van der Waals surface area (Å²) in [5.41, 5.74) is 0. The normalized spacial score (nSPS) is 10.4. The van der Waals surface area contributed by atoms with Gasteiger partial charge in [-0.2, -0.15) is 0 Å². The molecule has 0 fully saturated rings. The summed E-state index contributed by atoms with van der Waals surface area (Å²) in [6.45, 7) is 0.